The van der Waals surface area contributed by atoms with Crippen LogP contribution in [0.3, 0.4) is 0 Å². The van der Waals surface area contributed by atoms with Gasteiger partial charge in [0, 0.05) is 17.3 Å². The first-order valence-electron chi connectivity index (χ1n) is 7.48. The van der Waals surface area contributed by atoms with Crippen LogP contribution in [0.15, 0.2) is 24.3 Å². The number of urea groups is 1. The molecule has 3 rings (SSSR count). The van der Waals surface area contributed by atoms with E-state index in [1.165, 1.54) is 13.0 Å². The van der Waals surface area contributed by atoms with Crippen LogP contribution in [0.4, 0.5) is 10.5 Å². The van der Waals surface area contributed by atoms with Gasteiger partial charge in [-0.05, 0) is 31.9 Å². The summed E-state index contributed by atoms with van der Waals surface area (Å²) in [5.74, 6) is -2.64. The SMILES string of the molecule is CC(=O)c1cccc(NC(=O)CN2C(=O)C(=O)N(C3CC3)C2=O)c1. The molecule has 8 heteroatoms. The average Bonchev–Trinajstić information content (AvgIpc) is 3.33. The third-order valence-electron chi connectivity index (χ3n) is 3.85. The fraction of sp³-hybridized carbons (Fsp3) is 0.312. The van der Waals surface area contributed by atoms with Gasteiger partial charge in [-0.2, -0.15) is 0 Å². The average molecular weight is 329 g/mol. The molecule has 24 heavy (non-hydrogen) atoms. The van der Waals surface area contributed by atoms with Crippen LogP contribution >= 0.6 is 0 Å². The van der Waals surface area contributed by atoms with Crippen LogP contribution < -0.4 is 5.32 Å². The van der Waals surface area contributed by atoms with E-state index in [9.17, 15) is 24.0 Å². The van der Waals surface area contributed by atoms with Gasteiger partial charge in [-0.1, -0.05) is 12.1 Å². The Bertz CT molecular complexity index is 769. The molecule has 1 aliphatic carbocycles. The molecule has 5 amide bonds. The van der Waals surface area contributed by atoms with Crippen molar-refractivity contribution in [2.45, 2.75) is 25.8 Å². The molecule has 1 aromatic carbocycles. The maximum atomic E-state index is 12.1. The zero-order chi connectivity index (χ0) is 17.4. The summed E-state index contributed by atoms with van der Waals surface area (Å²) in [6.45, 7) is 0.859. The van der Waals surface area contributed by atoms with Crippen LogP contribution in [0, 0.1) is 0 Å². The normalized spacial score (nSPS) is 17.5. The third-order valence-corrected chi connectivity index (χ3v) is 3.85. The molecular weight excluding hydrogens is 314 g/mol. The number of hydrogen-bond donors (Lipinski definition) is 1. The quantitative estimate of drug-likeness (QED) is 0.488. The van der Waals surface area contributed by atoms with E-state index >= 15 is 0 Å². The molecule has 1 saturated heterocycles. The lowest BCUT2D eigenvalue weighted by Gasteiger charge is -2.14. The number of imide groups is 2. The number of nitrogens with zero attached hydrogens (tertiary/aromatic N) is 2. The highest BCUT2D eigenvalue weighted by Gasteiger charge is 2.51. The summed E-state index contributed by atoms with van der Waals surface area (Å²) in [7, 11) is 0. The van der Waals surface area contributed by atoms with Crippen LogP contribution in [0.5, 0.6) is 0 Å². The third kappa shape index (κ3) is 2.90. The number of rotatable bonds is 5. The van der Waals surface area contributed by atoms with Crippen molar-refractivity contribution >= 4 is 35.2 Å². The summed E-state index contributed by atoms with van der Waals surface area (Å²) in [5.41, 5.74) is 0.799. The predicted octanol–water partition coefficient (Wildman–Crippen LogP) is 0.781. The molecule has 0 aromatic heterocycles. The highest BCUT2D eigenvalue weighted by atomic mass is 16.2. The summed E-state index contributed by atoms with van der Waals surface area (Å²) in [4.78, 5) is 60.8. The summed E-state index contributed by atoms with van der Waals surface area (Å²) in [6, 6.07) is 5.32. The van der Waals surface area contributed by atoms with Crippen LogP contribution in [0.2, 0.25) is 0 Å². The maximum Gasteiger partial charge on any atom is 0.334 e. The summed E-state index contributed by atoms with van der Waals surface area (Å²) < 4.78 is 0. The zero-order valence-corrected chi connectivity index (χ0v) is 12.9. The van der Waals surface area contributed by atoms with Gasteiger partial charge in [0.1, 0.15) is 6.54 Å². The number of ketones is 1. The molecule has 0 radical (unpaired) electrons. The molecule has 0 spiro atoms. The van der Waals surface area contributed by atoms with Gasteiger partial charge in [-0.3, -0.25) is 24.1 Å². The van der Waals surface area contributed by atoms with E-state index in [2.05, 4.69) is 5.32 Å². The minimum atomic E-state index is -0.987. The Morgan fingerprint density at radius 3 is 2.50 bits per heavy atom. The highest BCUT2D eigenvalue weighted by Crippen LogP contribution is 2.30. The molecule has 1 heterocycles. The number of benzene rings is 1. The minimum absolute atomic E-state index is 0.151. The molecule has 1 aromatic rings. The number of hydrogen-bond acceptors (Lipinski definition) is 5. The monoisotopic (exact) mass is 329 g/mol. The molecule has 2 aliphatic rings. The van der Waals surface area contributed by atoms with E-state index in [0.29, 0.717) is 29.0 Å². The Morgan fingerprint density at radius 2 is 1.88 bits per heavy atom. The van der Waals surface area contributed by atoms with E-state index < -0.39 is 30.3 Å². The van der Waals surface area contributed by atoms with Crippen LogP contribution in [0.1, 0.15) is 30.1 Å². The Balaban J connectivity index is 1.67. The second kappa shape index (κ2) is 5.88. The molecule has 0 unspecified atom stereocenters. The second-order valence-electron chi connectivity index (χ2n) is 5.77. The second-order valence-corrected chi connectivity index (χ2v) is 5.77. The van der Waals surface area contributed by atoms with Crippen molar-refractivity contribution < 1.29 is 24.0 Å². The maximum absolute atomic E-state index is 12.1. The van der Waals surface area contributed by atoms with Crippen molar-refractivity contribution in [1.29, 1.82) is 0 Å². The number of nitrogens with one attached hydrogen (secondary N) is 1. The number of carbonyl (C=O) groups excluding carboxylic acids is 5. The van der Waals surface area contributed by atoms with Crippen LogP contribution in [-0.4, -0.2) is 51.9 Å². The Morgan fingerprint density at radius 1 is 1.17 bits per heavy atom. The van der Waals surface area contributed by atoms with Crippen molar-refractivity contribution in [3.8, 4) is 0 Å². The Labute approximate surface area is 137 Å². The first kappa shape index (κ1) is 15.9. The molecule has 2 fully saturated rings. The van der Waals surface area contributed by atoms with E-state index in [4.69, 9.17) is 0 Å². The van der Waals surface area contributed by atoms with Crippen LogP contribution in [-0.2, 0) is 14.4 Å². The summed E-state index contributed by atoms with van der Waals surface area (Å²) >= 11 is 0. The van der Waals surface area contributed by atoms with Gasteiger partial charge in [-0.15, -0.1) is 0 Å². The van der Waals surface area contributed by atoms with E-state index in [1.807, 2.05) is 0 Å². The van der Waals surface area contributed by atoms with Gasteiger partial charge in [0.25, 0.3) is 0 Å². The van der Waals surface area contributed by atoms with Gasteiger partial charge < -0.3 is 5.32 Å². The first-order valence-corrected chi connectivity index (χ1v) is 7.48. The minimum Gasteiger partial charge on any atom is -0.325 e. The van der Waals surface area contributed by atoms with E-state index in [0.717, 1.165) is 4.90 Å². The van der Waals surface area contributed by atoms with Gasteiger partial charge in [0.05, 0.1) is 0 Å². The lowest BCUT2D eigenvalue weighted by Crippen LogP contribution is -2.39. The fourth-order valence-corrected chi connectivity index (χ4v) is 2.48. The predicted molar refractivity (Wildman–Crippen MR) is 82.1 cm³/mol. The topological polar surface area (TPSA) is 104 Å². The number of carbonyl (C=O) groups is 5. The standard InChI is InChI=1S/C16H15N3O5/c1-9(20)10-3-2-4-11(7-10)17-13(21)8-18-14(22)15(23)19(16(18)24)12-5-6-12/h2-4,7,12H,5-6,8H2,1H3,(H,17,21). The van der Waals surface area contributed by atoms with Crippen molar-refractivity contribution in [3.63, 3.8) is 0 Å². The molecule has 124 valence electrons. The van der Waals surface area contributed by atoms with Crippen molar-refractivity contribution in [2.75, 3.05) is 11.9 Å². The summed E-state index contributed by atoms with van der Waals surface area (Å²) in [6.07, 6.45) is 1.37. The number of Topliss-reactive ketones (excluding diaryl/α,β-unsaturated/α-hetero) is 1. The van der Waals surface area contributed by atoms with Crippen molar-refractivity contribution in [2.24, 2.45) is 0 Å². The van der Waals surface area contributed by atoms with Gasteiger partial charge in [0.15, 0.2) is 5.78 Å². The van der Waals surface area contributed by atoms with Crippen LogP contribution in [0.25, 0.3) is 0 Å². The Kier molecular flexibility index (Phi) is 3.88. The Hall–Kier alpha value is -3.03. The first-order chi connectivity index (χ1) is 11.4. The van der Waals surface area contributed by atoms with E-state index in [1.54, 1.807) is 18.2 Å². The fourth-order valence-electron chi connectivity index (χ4n) is 2.48. The lowest BCUT2D eigenvalue weighted by atomic mass is 10.1. The number of anilines is 1. The van der Waals surface area contributed by atoms with Gasteiger partial charge in [0.2, 0.25) is 5.91 Å². The molecule has 0 atom stereocenters. The highest BCUT2D eigenvalue weighted by molar-refractivity contribution is 6.45. The van der Waals surface area contributed by atoms with Gasteiger partial charge in [-0.25, -0.2) is 9.69 Å². The van der Waals surface area contributed by atoms with Gasteiger partial charge >= 0.3 is 17.8 Å². The van der Waals surface area contributed by atoms with Crippen molar-refractivity contribution in [3.05, 3.63) is 29.8 Å². The zero-order valence-electron chi connectivity index (χ0n) is 12.9. The number of amides is 5. The molecule has 0 bridgehead atoms. The summed E-state index contributed by atoms with van der Waals surface area (Å²) in [5, 5.41) is 2.51. The molecule has 1 aliphatic heterocycles. The lowest BCUT2D eigenvalue weighted by molar-refractivity contribution is -0.143. The smallest absolute Gasteiger partial charge is 0.325 e. The largest absolute Gasteiger partial charge is 0.334 e. The molecule has 1 N–H and O–H groups in total. The van der Waals surface area contributed by atoms with E-state index in [-0.39, 0.29) is 11.8 Å². The molecule has 1 saturated carbocycles. The molecule has 8 nitrogen and oxygen atoms in total. The van der Waals surface area contributed by atoms with Crippen molar-refractivity contribution in [1.82, 2.24) is 9.80 Å². The molecular formula is C16H15N3O5.